The third-order valence-corrected chi connectivity index (χ3v) is 3.18. The zero-order chi connectivity index (χ0) is 9.68. The highest BCUT2D eigenvalue weighted by molar-refractivity contribution is 4.85. The van der Waals surface area contributed by atoms with E-state index in [0.29, 0.717) is 12.1 Å². The lowest BCUT2D eigenvalue weighted by molar-refractivity contribution is 0.358. The van der Waals surface area contributed by atoms with Crippen LogP contribution < -0.4 is 11.1 Å². The molecule has 1 aliphatic rings. The van der Waals surface area contributed by atoms with E-state index >= 15 is 0 Å². The molecule has 0 aromatic rings. The molecule has 0 spiro atoms. The summed E-state index contributed by atoms with van der Waals surface area (Å²) in [6.07, 6.45) is 6.57. The van der Waals surface area contributed by atoms with Crippen molar-refractivity contribution in [3.63, 3.8) is 0 Å². The van der Waals surface area contributed by atoms with Crippen LogP contribution in [0.2, 0.25) is 0 Å². The zero-order valence-corrected chi connectivity index (χ0v) is 9.05. The molecule has 3 atom stereocenters. The highest BCUT2D eigenvalue weighted by Gasteiger charge is 2.26. The summed E-state index contributed by atoms with van der Waals surface area (Å²) in [5.41, 5.74) is 5.73. The molecule has 1 rings (SSSR count). The minimum absolute atomic E-state index is 0.669. The Balaban J connectivity index is 2.26. The molecule has 1 fully saturated rings. The van der Waals surface area contributed by atoms with Gasteiger partial charge in [-0.2, -0.15) is 0 Å². The van der Waals surface area contributed by atoms with Crippen LogP contribution in [0, 0.1) is 5.92 Å². The lowest BCUT2D eigenvalue weighted by Crippen LogP contribution is -2.41. The van der Waals surface area contributed by atoms with E-state index < -0.39 is 0 Å². The molecule has 0 aromatic carbocycles. The maximum Gasteiger partial charge on any atom is 0.0110 e. The lowest BCUT2D eigenvalue weighted by atomic mass is 10.0. The fourth-order valence-electron chi connectivity index (χ4n) is 2.42. The van der Waals surface area contributed by atoms with E-state index in [9.17, 15) is 0 Å². The van der Waals surface area contributed by atoms with Gasteiger partial charge in [0, 0.05) is 12.1 Å². The summed E-state index contributed by atoms with van der Waals surface area (Å²) in [5, 5.41) is 3.70. The van der Waals surface area contributed by atoms with Gasteiger partial charge in [0.25, 0.3) is 0 Å². The number of hydrogen-bond acceptors (Lipinski definition) is 2. The van der Waals surface area contributed by atoms with Gasteiger partial charge >= 0.3 is 0 Å². The molecule has 0 aliphatic heterocycles. The topological polar surface area (TPSA) is 38.0 Å². The van der Waals surface area contributed by atoms with Crippen LogP contribution in [-0.2, 0) is 0 Å². The Morgan fingerprint density at radius 1 is 1.46 bits per heavy atom. The molecule has 1 saturated carbocycles. The first-order chi connectivity index (χ1) is 6.27. The van der Waals surface area contributed by atoms with Gasteiger partial charge in [-0.15, -0.1) is 0 Å². The predicted octanol–water partition coefficient (Wildman–Crippen LogP) is 1.89. The summed E-state index contributed by atoms with van der Waals surface area (Å²) >= 11 is 0. The van der Waals surface area contributed by atoms with Crippen molar-refractivity contribution in [3.05, 3.63) is 0 Å². The van der Waals surface area contributed by atoms with Crippen LogP contribution in [0.1, 0.15) is 46.0 Å². The Labute approximate surface area is 82.3 Å². The van der Waals surface area contributed by atoms with Crippen molar-refractivity contribution in [2.75, 3.05) is 6.54 Å². The molecule has 13 heavy (non-hydrogen) atoms. The molecule has 3 unspecified atom stereocenters. The van der Waals surface area contributed by atoms with Crippen LogP contribution in [0.15, 0.2) is 0 Å². The second-order valence-electron chi connectivity index (χ2n) is 4.39. The summed E-state index contributed by atoms with van der Waals surface area (Å²) in [6.45, 7) is 5.39. The van der Waals surface area contributed by atoms with Crippen LogP contribution in [0.3, 0.4) is 0 Å². The largest absolute Gasteiger partial charge is 0.330 e. The smallest absolute Gasteiger partial charge is 0.0110 e. The molecule has 0 radical (unpaired) electrons. The molecule has 0 bridgehead atoms. The number of nitrogens with two attached hydrogens (primary N) is 1. The summed E-state index contributed by atoms with van der Waals surface area (Å²) in [5.74, 6) is 0.735. The first kappa shape index (κ1) is 11.0. The van der Waals surface area contributed by atoms with Crippen LogP contribution >= 0.6 is 0 Å². The highest BCUT2D eigenvalue weighted by Crippen LogP contribution is 2.25. The SMILES string of the molecule is CCCC(C)NC1CCCC1CN. The molecule has 1 aliphatic carbocycles. The van der Waals surface area contributed by atoms with Gasteiger partial charge in [-0.3, -0.25) is 0 Å². The lowest BCUT2D eigenvalue weighted by Gasteiger charge is -2.23. The van der Waals surface area contributed by atoms with Gasteiger partial charge in [-0.1, -0.05) is 19.8 Å². The highest BCUT2D eigenvalue weighted by atomic mass is 15.0. The van der Waals surface area contributed by atoms with E-state index in [1.54, 1.807) is 0 Å². The molecular weight excluding hydrogens is 160 g/mol. The van der Waals surface area contributed by atoms with Crippen molar-refractivity contribution in [2.24, 2.45) is 11.7 Å². The van der Waals surface area contributed by atoms with E-state index in [1.165, 1.54) is 32.1 Å². The molecule has 78 valence electrons. The number of rotatable bonds is 5. The van der Waals surface area contributed by atoms with Crippen molar-refractivity contribution >= 4 is 0 Å². The fraction of sp³-hybridized carbons (Fsp3) is 1.00. The average molecular weight is 184 g/mol. The molecule has 0 heterocycles. The second kappa shape index (κ2) is 5.61. The first-order valence-corrected chi connectivity index (χ1v) is 5.74. The van der Waals surface area contributed by atoms with Crippen molar-refractivity contribution in [3.8, 4) is 0 Å². The first-order valence-electron chi connectivity index (χ1n) is 5.74. The third kappa shape index (κ3) is 3.28. The van der Waals surface area contributed by atoms with Crippen molar-refractivity contribution in [1.29, 1.82) is 0 Å². The van der Waals surface area contributed by atoms with Gasteiger partial charge in [0.1, 0.15) is 0 Å². The molecule has 3 N–H and O–H groups in total. The molecule has 0 aromatic heterocycles. The fourth-order valence-corrected chi connectivity index (χ4v) is 2.42. The Kier molecular flexibility index (Phi) is 4.74. The monoisotopic (exact) mass is 184 g/mol. The number of nitrogens with one attached hydrogen (secondary N) is 1. The van der Waals surface area contributed by atoms with E-state index in [4.69, 9.17) is 5.73 Å². The quantitative estimate of drug-likeness (QED) is 0.685. The summed E-state index contributed by atoms with van der Waals surface area (Å²) < 4.78 is 0. The van der Waals surface area contributed by atoms with Crippen LogP contribution in [0.5, 0.6) is 0 Å². The summed E-state index contributed by atoms with van der Waals surface area (Å²) in [7, 11) is 0. The van der Waals surface area contributed by atoms with Crippen LogP contribution in [0.25, 0.3) is 0 Å². The standard InChI is InChI=1S/C11H24N2/c1-3-5-9(2)13-11-7-4-6-10(11)8-12/h9-11,13H,3-8,12H2,1-2H3. The van der Waals surface area contributed by atoms with Crippen molar-refractivity contribution in [1.82, 2.24) is 5.32 Å². The Morgan fingerprint density at radius 3 is 2.85 bits per heavy atom. The Morgan fingerprint density at radius 2 is 2.23 bits per heavy atom. The third-order valence-electron chi connectivity index (χ3n) is 3.18. The predicted molar refractivity (Wildman–Crippen MR) is 57.7 cm³/mol. The van der Waals surface area contributed by atoms with Crippen LogP contribution in [-0.4, -0.2) is 18.6 Å². The maximum absolute atomic E-state index is 5.73. The van der Waals surface area contributed by atoms with Gasteiger partial charge in [0.05, 0.1) is 0 Å². The van der Waals surface area contributed by atoms with Crippen molar-refractivity contribution in [2.45, 2.75) is 58.0 Å². The minimum Gasteiger partial charge on any atom is -0.330 e. The average Bonchev–Trinajstić information content (AvgIpc) is 2.52. The normalized spacial score (nSPS) is 30.7. The zero-order valence-electron chi connectivity index (χ0n) is 9.05. The molecule has 0 amide bonds. The molecule has 2 nitrogen and oxygen atoms in total. The second-order valence-corrected chi connectivity index (χ2v) is 4.39. The molecular formula is C11H24N2. The number of hydrogen-bond donors (Lipinski definition) is 2. The molecule has 2 heteroatoms. The van der Waals surface area contributed by atoms with Gasteiger partial charge in [-0.25, -0.2) is 0 Å². The van der Waals surface area contributed by atoms with Gasteiger partial charge in [-0.05, 0) is 38.6 Å². The van der Waals surface area contributed by atoms with Gasteiger partial charge < -0.3 is 11.1 Å². The summed E-state index contributed by atoms with van der Waals surface area (Å²) in [6, 6.07) is 1.37. The van der Waals surface area contributed by atoms with Gasteiger partial charge in [0.15, 0.2) is 0 Å². The van der Waals surface area contributed by atoms with E-state index in [-0.39, 0.29) is 0 Å². The maximum atomic E-state index is 5.73. The van der Waals surface area contributed by atoms with Gasteiger partial charge in [0.2, 0.25) is 0 Å². The minimum atomic E-state index is 0.669. The van der Waals surface area contributed by atoms with E-state index in [2.05, 4.69) is 19.2 Å². The van der Waals surface area contributed by atoms with E-state index in [0.717, 1.165) is 12.5 Å². The summed E-state index contributed by atoms with van der Waals surface area (Å²) in [4.78, 5) is 0. The van der Waals surface area contributed by atoms with Crippen LogP contribution in [0.4, 0.5) is 0 Å². The van der Waals surface area contributed by atoms with Crippen molar-refractivity contribution < 1.29 is 0 Å². The molecule has 0 saturated heterocycles. The Bertz CT molecular complexity index is 136. The van der Waals surface area contributed by atoms with E-state index in [1.807, 2.05) is 0 Å². The Hall–Kier alpha value is -0.0800.